The molecule has 7 heteroatoms. The van der Waals surface area contributed by atoms with E-state index in [0.29, 0.717) is 18.1 Å². The van der Waals surface area contributed by atoms with E-state index in [4.69, 9.17) is 0 Å². The zero-order valence-electron chi connectivity index (χ0n) is 16.0. The van der Waals surface area contributed by atoms with Crippen LogP contribution in [0.15, 0.2) is 48.7 Å². The van der Waals surface area contributed by atoms with Crippen LogP contribution in [0.5, 0.6) is 0 Å². The molecule has 0 saturated carbocycles. The Bertz CT molecular complexity index is 849. The number of piperazine rings is 1. The number of nitrogens with zero attached hydrogens (tertiary/aromatic N) is 4. The van der Waals surface area contributed by atoms with Crippen LogP contribution in [0.1, 0.15) is 11.5 Å². The smallest absolute Gasteiger partial charge is 0.242 e. The van der Waals surface area contributed by atoms with Crippen molar-refractivity contribution >= 4 is 23.3 Å². The Morgan fingerprint density at radius 2 is 1.86 bits per heavy atom. The van der Waals surface area contributed by atoms with Crippen LogP contribution in [0.4, 0.5) is 11.5 Å². The van der Waals surface area contributed by atoms with E-state index in [9.17, 15) is 9.59 Å². The van der Waals surface area contributed by atoms with Gasteiger partial charge in [0.25, 0.3) is 0 Å². The first-order valence-electron chi connectivity index (χ1n) is 9.64. The van der Waals surface area contributed by atoms with Crippen LogP contribution in [-0.4, -0.2) is 72.9 Å². The topological polar surface area (TPSA) is 68.8 Å². The Morgan fingerprint density at radius 3 is 2.61 bits per heavy atom. The molecule has 146 valence electrons. The SMILES string of the molecule is CN1CCN(CC(=O)N2CC(c3ccccc3)C(=O)Nc3cccnc32)CC1. The van der Waals surface area contributed by atoms with Gasteiger partial charge in [0.1, 0.15) is 0 Å². The molecule has 4 rings (SSSR count). The van der Waals surface area contributed by atoms with Gasteiger partial charge in [0, 0.05) is 38.9 Å². The molecule has 1 saturated heterocycles. The second kappa shape index (κ2) is 8.08. The molecule has 1 unspecified atom stereocenters. The van der Waals surface area contributed by atoms with Crippen LogP contribution in [0.2, 0.25) is 0 Å². The predicted molar refractivity (Wildman–Crippen MR) is 108 cm³/mol. The van der Waals surface area contributed by atoms with Crippen LogP contribution in [0.3, 0.4) is 0 Å². The molecule has 2 aliphatic rings. The van der Waals surface area contributed by atoms with Gasteiger partial charge in [-0.25, -0.2) is 4.98 Å². The van der Waals surface area contributed by atoms with Gasteiger partial charge >= 0.3 is 0 Å². The third-order valence-corrected chi connectivity index (χ3v) is 5.44. The number of pyridine rings is 1. The van der Waals surface area contributed by atoms with Gasteiger partial charge in [-0.1, -0.05) is 30.3 Å². The highest BCUT2D eigenvalue weighted by atomic mass is 16.2. The minimum absolute atomic E-state index is 0.0260. The summed E-state index contributed by atoms with van der Waals surface area (Å²) in [6.45, 7) is 4.25. The lowest BCUT2D eigenvalue weighted by molar-refractivity contribution is -0.120. The Kier molecular flexibility index (Phi) is 5.36. The lowest BCUT2D eigenvalue weighted by Crippen LogP contribution is -2.49. The average molecular weight is 379 g/mol. The maximum atomic E-state index is 13.2. The molecule has 28 heavy (non-hydrogen) atoms. The molecule has 2 aromatic rings. The summed E-state index contributed by atoms with van der Waals surface area (Å²) >= 11 is 0. The van der Waals surface area contributed by atoms with Crippen molar-refractivity contribution < 1.29 is 9.59 Å². The van der Waals surface area contributed by atoms with Crippen LogP contribution in [0.25, 0.3) is 0 Å². The van der Waals surface area contributed by atoms with E-state index >= 15 is 0 Å². The summed E-state index contributed by atoms with van der Waals surface area (Å²) in [6, 6.07) is 13.2. The molecule has 1 aromatic carbocycles. The molecule has 1 aromatic heterocycles. The second-order valence-electron chi connectivity index (χ2n) is 7.41. The standard InChI is InChI=1S/C21H25N5O2/c1-24-10-12-25(13-11-24)15-19(27)26-14-17(16-6-3-2-4-7-16)21(28)23-18-8-5-9-22-20(18)26/h2-9,17H,10-15H2,1H3,(H,23,28). The summed E-state index contributed by atoms with van der Waals surface area (Å²) in [4.78, 5) is 36.6. The van der Waals surface area contributed by atoms with Gasteiger partial charge in [-0.2, -0.15) is 0 Å². The van der Waals surface area contributed by atoms with Gasteiger partial charge in [-0.15, -0.1) is 0 Å². The molecule has 7 nitrogen and oxygen atoms in total. The van der Waals surface area contributed by atoms with Crippen molar-refractivity contribution in [1.29, 1.82) is 0 Å². The van der Waals surface area contributed by atoms with E-state index in [1.807, 2.05) is 30.3 Å². The molecule has 0 spiro atoms. The number of carbonyl (C=O) groups excluding carboxylic acids is 2. The van der Waals surface area contributed by atoms with E-state index in [1.54, 1.807) is 23.2 Å². The Labute approximate surface area is 164 Å². The summed E-state index contributed by atoms with van der Waals surface area (Å²) in [5.41, 5.74) is 1.47. The fourth-order valence-corrected chi connectivity index (χ4v) is 3.73. The van der Waals surface area contributed by atoms with Gasteiger partial charge in [0.05, 0.1) is 18.2 Å². The number of fused-ring (bicyclic) bond motifs is 1. The number of aromatic nitrogens is 1. The highest BCUT2D eigenvalue weighted by Crippen LogP contribution is 2.31. The van der Waals surface area contributed by atoms with E-state index in [0.717, 1.165) is 31.7 Å². The van der Waals surface area contributed by atoms with Gasteiger partial charge in [-0.05, 0) is 24.7 Å². The van der Waals surface area contributed by atoms with E-state index in [1.165, 1.54) is 0 Å². The minimum atomic E-state index is -0.438. The van der Waals surface area contributed by atoms with Crippen LogP contribution < -0.4 is 10.2 Å². The third-order valence-electron chi connectivity index (χ3n) is 5.44. The van der Waals surface area contributed by atoms with Crippen LogP contribution in [0, 0.1) is 0 Å². The zero-order chi connectivity index (χ0) is 19.5. The largest absolute Gasteiger partial charge is 0.322 e. The molecular formula is C21H25N5O2. The van der Waals surface area contributed by atoms with Gasteiger partial charge in [-0.3, -0.25) is 19.4 Å². The monoisotopic (exact) mass is 379 g/mol. The van der Waals surface area contributed by atoms with Gasteiger partial charge < -0.3 is 10.2 Å². The normalized spacial score (nSPS) is 21.0. The maximum Gasteiger partial charge on any atom is 0.242 e. The average Bonchev–Trinajstić information content (AvgIpc) is 2.86. The van der Waals surface area contributed by atoms with E-state index in [-0.39, 0.29) is 18.4 Å². The highest BCUT2D eigenvalue weighted by molar-refractivity contribution is 6.05. The van der Waals surface area contributed by atoms with E-state index < -0.39 is 5.92 Å². The molecule has 3 heterocycles. The Morgan fingerprint density at radius 1 is 1.11 bits per heavy atom. The fourth-order valence-electron chi connectivity index (χ4n) is 3.73. The number of nitrogens with one attached hydrogen (secondary N) is 1. The Hall–Kier alpha value is -2.77. The van der Waals surface area contributed by atoms with Gasteiger partial charge in [0.15, 0.2) is 5.82 Å². The molecular weight excluding hydrogens is 354 g/mol. The maximum absolute atomic E-state index is 13.2. The number of hydrogen-bond donors (Lipinski definition) is 1. The summed E-state index contributed by atoms with van der Waals surface area (Å²) in [7, 11) is 2.09. The summed E-state index contributed by atoms with van der Waals surface area (Å²) in [6.07, 6.45) is 1.66. The van der Waals surface area contributed by atoms with E-state index in [2.05, 4.69) is 27.1 Å². The van der Waals surface area contributed by atoms with Crippen LogP contribution >= 0.6 is 0 Å². The van der Waals surface area contributed by atoms with Crippen molar-refractivity contribution in [2.75, 3.05) is 56.5 Å². The second-order valence-corrected chi connectivity index (χ2v) is 7.41. The summed E-state index contributed by atoms with van der Waals surface area (Å²) < 4.78 is 0. The highest BCUT2D eigenvalue weighted by Gasteiger charge is 2.33. The first kappa shape index (κ1) is 18.6. The molecule has 0 bridgehead atoms. The number of benzene rings is 1. The number of likely N-dealkylation sites (N-methyl/N-ethyl adjacent to an activating group) is 1. The summed E-state index contributed by atoms with van der Waals surface area (Å²) in [5, 5.41) is 2.95. The lowest BCUT2D eigenvalue weighted by atomic mass is 9.98. The summed E-state index contributed by atoms with van der Waals surface area (Å²) in [5.74, 6) is -0.0578. The first-order valence-corrected chi connectivity index (χ1v) is 9.64. The number of amides is 2. The molecule has 1 N–H and O–H groups in total. The minimum Gasteiger partial charge on any atom is -0.322 e. The van der Waals surface area contributed by atoms with Crippen molar-refractivity contribution in [1.82, 2.24) is 14.8 Å². The first-order chi connectivity index (χ1) is 13.6. The van der Waals surface area contributed by atoms with Crippen molar-refractivity contribution in [3.05, 3.63) is 54.2 Å². The molecule has 2 amide bonds. The number of carbonyl (C=O) groups is 2. The van der Waals surface area contributed by atoms with Crippen molar-refractivity contribution in [3.63, 3.8) is 0 Å². The number of anilines is 2. The third kappa shape index (κ3) is 3.90. The predicted octanol–water partition coefficient (Wildman–Crippen LogP) is 1.40. The van der Waals surface area contributed by atoms with Crippen molar-refractivity contribution in [3.8, 4) is 0 Å². The molecule has 1 fully saturated rings. The fraction of sp³-hybridized carbons (Fsp3) is 0.381. The number of hydrogen-bond acceptors (Lipinski definition) is 5. The zero-order valence-corrected chi connectivity index (χ0v) is 16.0. The Balaban J connectivity index is 1.61. The molecule has 0 aliphatic carbocycles. The quantitative estimate of drug-likeness (QED) is 0.873. The molecule has 2 aliphatic heterocycles. The molecule has 0 radical (unpaired) electrons. The molecule has 1 atom stereocenters. The van der Waals surface area contributed by atoms with Crippen LogP contribution in [-0.2, 0) is 9.59 Å². The van der Waals surface area contributed by atoms with Gasteiger partial charge in [0.2, 0.25) is 11.8 Å². The van der Waals surface area contributed by atoms with Crippen molar-refractivity contribution in [2.24, 2.45) is 0 Å². The number of rotatable bonds is 3. The lowest BCUT2D eigenvalue weighted by Gasteiger charge is -2.33. The van der Waals surface area contributed by atoms with Crippen molar-refractivity contribution in [2.45, 2.75) is 5.92 Å².